The van der Waals surface area contributed by atoms with Gasteiger partial charge in [-0.05, 0) is 26.0 Å². The van der Waals surface area contributed by atoms with Crippen molar-refractivity contribution in [1.82, 2.24) is 5.32 Å². The zero-order valence-electron chi connectivity index (χ0n) is 11.2. The third kappa shape index (κ3) is 4.50. The van der Waals surface area contributed by atoms with Crippen LogP contribution in [-0.4, -0.2) is 24.4 Å². The van der Waals surface area contributed by atoms with Crippen LogP contribution in [0.25, 0.3) is 0 Å². The van der Waals surface area contributed by atoms with Crippen molar-refractivity contribution >= 4 is 23.2 Å². The lowest BCUT2D eigenvalue weighted by molar-refractivity contribution is -0.121. The normalized spacial score (nSPS) is 10.3. The smallest absolute Gasteiger partial charge is 0.250 e. The second-order valence-corrected chi connectivity index (χ2v) is 4.53. The van der Waals surface area contributed by atoms with Crippen molar-refractivity contribution in [2.45, 2.75) is 26.3 Å². The molecule has 2 amide bonds. The molecule has 0 aliphatic carbocycles. The standard InChI is InChI=1S/C13H20N4O2/c1-8(2)17-11(18)6-7-16-10-5-3-4-9(12(10)14)13(15)19/h3-5,8,16H,6-7,14H2,1-2H3,(H2,15,19)(H,17,18). The molecule has 6 nitrogen and oxygen atoms in total. The first-order chi connectivity index (χ1) is 8.91. The molecule has 0 aliphatic rings. The number of anilines is 2. The minimum atomic E-state index is -0.571. The first-order valence-corrected chi connectivity index (χ1v) is 6.13. The highest BCUT2D eigenvalue weighted by molar-refractivity contribution is 6.00. The van der Waals surface area contributed by atoms with Crippen LogP contribution in [0.3, 0.4) is 0 Å². The third-order valence-electron chi connectivity index (χ3n) is 2.49. The van der Waals surface area contributed by atoms with E-state index in [-0.39, 0.29) is 17.5 Å². The van der Waals surface area contributed by atoms with Gasteiger partial charge < -0.3 is 22.1 Å². The topological polar surface area (TPSA) is 110 Å². The molecule has 6 heteroatoms. The van der Waals surface area contributed by atoms with E-state index in [0.717, 1.165) is 0 Å². The Hall–Kier alpha value is -2.24. The molecule has 0 aromatic heterocycles. The number of rotatable bonds is 6. The van der Waals surface area contributed by atoms with Gasteiger partial charge in [-0.1, -0.05) is 6.07 Å². The van der Waals surface area contributed by atoms with Crippen molar-refractivity contribution in [3.63, 3.8) is 0 Å². The van der Waals surface area contributed by atoms with Gasteiger partial charge in [0.2, 0.25) is 5.91 Å². The van der Waals surface area contributed by atoms with Crippen LogP contribution in [0, 0.1) is 0 Å². The van der Waals surface area contributed by atoms with Crippen LogP contribution >= 0.6 is 0 Å². The van der Waals surface area contributed by atoms with Crippen LogP contribution in [0.2, 0.25) is 0 Å². The summed E-state index contributed by atoms with van der Waals surface area (Å²) in [6, 6.07) is 5.11. The predicted octanol–water partition coefficient (Wildman–Crippen LogP) is 0.694. The highest BCUT2D eigenvalue weighted by atomic mass is 16.2. The zero-order chi connectivity index (χ0) is 14.4. The number of para-hydroxylation sites is 1. The molecule has 0 radical (unpaired) electrons. The molecule has 0 fully saturated rings. The van der Waals surface area contributed by atoms with Crippen LogP contribution in [0.4, 0.5) is 11.4 Å². The number of hydrogen-bond donors (Lipinski definition) is 4. The molecular weight excluding hydrogens is 244 g/mol. The molecule has 0 spiro atoms. The Bertz CT molecular complexity index is 472. The lowest BCUT2D eigenvalue weighted by atomic mass is 10.1. The van der Waals surface area contributed by atoms with Crippen molar-refractivity contribution < 1.29 is 9.59 Å². The molecule has 0 atom stereocenters. The van der Waals surface area contributed by atoms with E-state index in [2.05, 4.69) is 10.6 Å². The van der Waals surface area contributed by atoms with E-state index in [1.54, 1.807) is 18.2 Å². The number of nitrogens with one attached hydrogen (secondary N) is 2. The van der Waals surface area contributed by atoms with Crippen LogP contribution in [0.5, 0.6) is 0 Å². The van der Waals surface area contributed by atoms with Gasteiger partial charge >= 0.3 is 0 Å². The van der Waals surface area contributed by atoms with Crippen molar-refractivity contribution in [3.05, 3.63) is 23.8 Å². The number of carbonyl (C=O) groups is 2. The number of nitrogen functional groups attached to an aromatic ring is 1. The van der Waals surface area contributed by atoms with Gasteiger partial charge in [0.15, 0.2) is 0 Å². The number of carbonyl (C=O) groups excluding carboxylic acids is 2. The van der Waals surface area contributed by atoms with Crippen LogP contribution < -0.4 is 22.1 Å². The van der Waals surface area contributed by atoms with Crippen molar-refractivity contribution in [2.75, 3.05) is 17.6 Å². The predicted molar refractivity (Wildman–Crippen MR) is 75.8 cm³/mol. The average Bonchev–Trinajstić information content (AvgIpc) is 2.30. The van der Waals surface area contributed by atoms with E-state index in [1.807, 2.05) is 13.8 Å². The molecule has 1 rings (SSSR count). The molecule has 6 N–H and O–H groups in total. The Morgan fingerprint density at radius 2 is 2.00 bits per heavy atom. The first-order valence-electron chi connectivity index (χ1n) is 6.13. The Morgan fingerprint density at radius 3 is 2.58 bits per heavy atom. The fraction of sp³-hybridized carbons (Fsp3) is 0.385. The van der Waals surface area contributed by atoms with Gasteiger partial charge in [-0.2, -0.15) is 0 Å². The summed E-state index contributed by atoms with van der Waals surface area (Å²) in [4.78, 5) is 22.6. The molecular formula is C13H20N4O2. The number of amides is 2. The molecule has 0 heterocycles. The fourth-order valence-corrected chi connectivity index (χ4v) is 1.64. The van der Waals surface area contributed by atoms with Crippen molar-refractivity contribution in [1.29, 1.82) is 0 Å². The monoisotopic (exact) mass is 264 g/mol. The number of nitrogens with two attached hydrogens (primary N) is 2. The minimum Gasteiger partial charge on any atom is -0.396 e. The lowest BCUT2D eigenvalue weighted by Crippen LogP contribution is -2.31. The first kappa shape index (κ1) is 14.8. The molecule has 104 valence electrons. The van der Waals surface area contributed by atoms with Gasteiger partial charge in [-0.3, -0.25) is 9.59 Å². The Labute approximate surface area is 112 Å². The van der Waals surface area contributed by atoms with Crippen LogP contribution in [0.1, 0.15) is 30.6 Å². The van der Waals surface area contributed by atoms with Crippen LogP contribution in [-0.2, 0) is 4.79 Å². The SMILES string of the molecule is CC(C)NC(=O)CCNc1cccc(C(N)=O)c1N. The van der Waals surface area contributed by atoms with Gasteiger partial charge in [-0.15, -0.1) is 0 Å². The van der Waals surface area contributed by atoms with E-state index in [0.29, 0.717) is 24.3 Å². The van der Waals surface area contributed by atoms with Gasteiger partial charge in [0.05, 0.1) is 16.9 Å². The van der Waals surface area contributed by atoms with Crippen molar-refractivity contribution in [3.8, 4) is 0 Å². The van der Waals surface area contributed by atoms with E-state index < -0.39 is 5.91 Å². The second kappa shape index (κ2) is 6.63. The quantitative estimate of drug-likeness (QED) is 0.567. The lowest BCUT2D eigenvalue weighted by Gasteiger charge is -2.12. The van der Waals surface area contributed by atoms with Gasteiger partial charge in [0, 0.05) is 19.0 Å². The Kier molecular flexibility index (Phi) is 5.17. The Balaban J connectivity index is 2.57. The number of benzene rings is 1. The maximum absolute atomic E-state index is 11.4. The molecule has 0 unspecified atom stereocenters. The van der Waals surface area contributed by atoms with E-state index in [9.17, 15) is 9.59 Å². The molecule has 1 aromatic rings. The van der Waals surface area contributed by atoms with Gasteiger partial charge in [0.25, 0.3) is 5.91 Å². The van der Waals surface area contributed by atoms with E-state index in [1.165, 1.54) is 0 Å². The summed E-state index contributed by atoms with van der Waals surface area (Å²) in [5, 5.41) is 5.81. The summed E-state index contributed by atoms with van der Waals surface area (Å²) in [5.41, 5.74) is 12.2. The molecule has 0 saturated carbocycles. The summed E-state index contributed by atoms with van der Waals surface area (Å²) in [6.07, 6.45) is 0.332. The number of hydrogen-bond acceptors (Lipinski definition) is 4. The molecule has 19 heavy (non-hydrogen) atoms. The summed E-state index contributed by atoms with van der Waals surface area (Å²) in [7, 11) is 0. The average molecular weight is 264 g/mol. The maximum atomic E-state index is 11.4. The molecule has 0 aliphatic heterocycles. The van der Waals surface area contributed by atoms with Crippen LogP contribution in [0.15, 0.2) is 18.2 Å². The minimum absolute atomic E-state index is 0.0351. The Morgan fingerprint density at radius 1 is 1.32 bits per heavy atom. The van der Waals surface area contributed by atoms with Crippen molar-refractivity contribution in [2.24, 2.45) is 5.73 Å². The largest absolute Gasteiger partial charge is 0.396 e. The maximum Gasteiger partial charge on any atom is 0.250 e. The zero-order valence-corrected chi connectivity index (χ0v) is 11.2. The third-order valence-corrected chi connectivity index (χ3v) is 2.49. The highest BCUT2D eigenvalue weighted by Gasteiger charge is 2.09. The summed E-state index contributed by atoms with van der Waals surface area (Å²) < 4.78 is 0. The summed E-state index contributed by atoms with van der Waals surface area (Å²) in [5.74, 6) is -0.606. The molecule has 0 bridgehead atoms. The fourth-order valence-electron chi connectivity index (χ4n) is 1.64. The second-order valence-electron chi connectivity index (χ2n) is 4.53. The molecule has 1 aromatic carbocycles. The molecule has 0 saturated heterocycles. The van der Waals surface area contributed by atoms with Gasteiger partial charge in [0.1, 0.15) is 0 Å². The van der Waals surface area contributed by atoms with Gasteiger partial charge in [-0.25, -0.2) is 0 Å². The summed E-state index contributed by atoms with van der Waals surface area (Å²) >= 11 is 0. The highest BCUT2D eigenvalue weighted by Crippen LogP contribution is 2.22. The number of primary amides is 1. The summed E-state index contributed by atoms with van der Waals surface area (Å²) in [6.45, 7) is 4.24. The van der Waals surface area contributed by atoms with E-state index in [4.69, 9.17) is 11.5 Å². The van der Waals surface area contributed by atoms with E-state index >= 15 is 0 Å².